The van der Waals surface area contributed by atoms with E-state index in [2.05, 4.69) is 10.2 Å². The normalized spacial score (nSPS) is 16.4. The van der Waals surface area contributed by atoms with Crippen molar-refractivity contribution in [3.63, 3.8) is 0 Å². The Kier molecular flexibility index (Phi) is 8.10. The zero-order valence-corrected chi connectivity index (χ0v) is 18.4. The fourth-order valence-corrected chi connectivity index (χ4v) is 4.10. The van der Waals surface area contributed by atoms with Gasteiger partial charge in [-0.3, -0.25) is 14.9 Å². The van der Waals surface area contributed by atoms with Crippen LogP contribution < -0.4 is 5.32 Å². The molecule has 2 N–H and O–H groups in total. The number of aliphatic carboxylic acids is 1. The van der Waals surface area contributed by atoms with Gasteiger partial charge in [0.1, 0.15) is 6.04 Å². The van der Waals surface area contributed by atoms with E-state index in [0.717, 1.165) is 43.6 Å². The highest BCUT2D eigenvalue weighted by atomic mass is 19.4. The summed E-state index contributed by atoms with van der Waals surface area (Å²) in [5, 5.41) is 11.8. The van der Waals surface area contributed by atoms with E-state index in [1.165, 1.54) is 12.1 Å². The molecule has 2 aromatic rings. The number of likely N-dealkylation sites (N-methyl/N-ethyl adjacent to an activating group) is 1. The summed E-state index contributed by atoms with van der Waals surface area (Å²) in [5.41, 5.74) is 0.374. The third-order valence-electron chi connectivity index (χ3n) is 5.91. The third kappa shape index (κ3) is 6.55. The summed E-state index contributed by atoms with van der Waals surface area (Å²) in [6, 6.07) is 12.4. The average Bonchev–Trinajstić information content (AvgIpc) is 3.30. The zero-order chi connectivity index (χ0) is 24.0. The molecule has 2 atom stereocenters. The van der Waals surface area contributed by atoms with Gasteiger partial charge in [-0.2, -0.15) is 13.2 Å². The lowest BCUT2D eigenvalue weighted by molar-refractivity contribution is -0.138. The van der Waals surface area contributed by atoms with Crippen molar-refractivity contribution < 1.29 is 27.9 Å². The number of carboxylic acids is 1. The number of hydrogen-bond donors (Lipinski definition) is 2. The van der Waals surface area contributed by atoms with Crippen LogP contribution in [0.5, 0.6) is 0 Å². The second kappa shape index (κ2) is 10.8. The Hall–Kier alpha value is -2.91. The van der Waals surface area contributed by atoms with Crippen LogP contribution >= 0.6 is 0 Å². The van der Waals surface area contributed by atoms with Crippen LogP contribution in [0.2, 0.25) is 0 Å². The predicted molar refractivity (Wildman–Crippen MR) is 117 cm³/mol. The number of likely N-dealkylation sites (tertiary alicyclic amines) is 1. The van der Waals surface area contributed by atoms with E-state index in [-0.39, 0.29) is 11.6 Å². The average molecular weight is 464 g/mol. The first kappa shape index (κ1) is 24.7. The van der Waals surface area contributed by atoms with Gasteiger partial charge in [-0.15, -0.1) is 0 Å². The van der Waals surface area contributed by atoms with Gasteiger partial charge in [0.05, 0.1) is 18.2 Å². The second-order valence-corrected chi connectivity index (χ2v) is 8.21. The van der Waals surface area contributed by atoms with Gasteiger partial charge >= 0.3 is 12.1 Å². The maximum absolute atomic E-state index is 13.6. The van der Waals surface area contributed by atoms with Crippen LogP contribution in [0.25, 0.3) is 0 Å². The molecule has 1 fully saturated rings. The highest BCUT2D eigenvalue weighted by Crippen LogP contribution is 2.31. The number of halogens is 3. The van der Waals surface area contributed by atoms with E-state index in [1.54, 1.807) is 11.9 Å². The van der Waals surface area contributed by atoms with Crippen LogP contribution in [0.4, 0.5) is 13.2 Å². The third-order valence-corrected chi connectivity index (χ3v) is 5.91. The Labute approximate surface area is 191 Å². The molecule has 0 saturated carbocycles. The van der Waals surface area contributed by atoms with Crippen LogP contribution in [0.3, 0.4) is 0 Å². The van der Waals surface area contributed by atoms with Gasteiger partial charge in [0.2, 0.25) is 5.91 Å². The van der Waals surface area contributed by atoms with Crippen molar-refractivity contribution >= 4 is 11.9 Å². The van der Waals surface area contributed by atoms with E-state index in [1.807, 2.05) is 30.3 Å². The number of alkyl halides is 3. The number of nitrogens with zero attached hydrogens (tertiary/aromatic N) is 2. The van der Waals surface area contributed by atoms with Gasteiger partial charge in [0, 0.05) is 13.6 Å². The number of carbonyl (C=O) groups excluding carboxylic acids is 1. The number of carbonyl (C=O) groups is 2. The molecule has 33 heavy (non-hydrogen) atoms. The van der Waals surface area contributed by atoms with Crippen LogP contribution in [0.15, 0.2) is 54.6 Å². The summed E-state index contributed by atoms with van der Waals surface area (Å²) in [6.07, 6.45) is -2.32. The standard InChI is InChI=1S/C24H28F3N3O3/c1-29(20(16-30-13-5-6-14-30)17-7-3-2-4-8-17)23(33)22(28-15-21(31)32)18-9-11-19(12-10-18)24(25,26)27/h2-4,7-12,20,22,28H,5-6,13-16H2,1H3,(H,31,32)/t20-,22?/m1/s1. The molecule has 1 aliphatic rings. The zero-order valence-electron chi connectivity index (χ0n) is 18.4. The van der Waals surface area contributed by atoms with Crippen molar-refractivity contribution in [3.8, 4) is 0 Å². The summed E-state index contributed by atoms with van der Waals surface area (Å²) in [7, 11) is 1.65. The molecule has 0 aromatic heterocycles. The molecule has 2 aromatic carbocycles. The topological polar surface area (TPSA) is 72.9 Å². The summed E-state index contributed by atoms with van der Waals surface area (Å²) in [6.45, 7) is 1.98. The number of rotatable bonds is 9. The lowest BCUT2D eigenvalue weighted by Gasteiger charge is -2.34. The fourth-order valence-electron chi connectivity index (χ4n) is 4.10. The monoisotopic (exact) mass is 463 g/mol. The lowest BCUT2D eigenvalue weighted by Crippen LogP contribution is -2.44. The summed E-state index contributed by atoms with van der Waals surface area (Å²) >= 11 is 0. The Morgan fingerprint density at radius 3 is 2.18 bits per heavy atom. The maximum Gasteiger partial charge on any atom is 0.416 e. The van der Waals surface area contributed by atoms with Gasteiger partial charge < -0.3 is 14.9 Å². The van der Waals surface area contributed by atoms with Crippen LogP contribution in [-0.4, -0.2) is 60.0 Å². The lowest BCUT2D eigenvalue weighted by atomic mass is 10.00. The fraction of sp³-hybridized carbons (Fsp3) is 0.417. The molecular formula is C24H28F3N3O3. The molecule has 1 amide bonds. The van der Waals surface area contributed by atoms with Crippen molar-refractivity contribution in [1.82, 2.24) is 15.1 Å². The van der Waals surface area contributed by atoms with Crippen molar-refractivity contribution in [1.29, 1.82) is 0 Å². The molecule has 1 heterocycles. The number of nitrogens with one attached hydrogen (secondary N) is 1. The van der Waals surface area contributed by atoms with Gasteiger partial charge in [0.15, 0.2) is 0 Å². The van der Waals surface area contributed by atoms with E-state index in [9.17, 15) is 22.8 Å². The highest BCUT2D eigenvalue weighted by molar-refractivity contribution is 5.84. The minimum atomic E-state index is -4.50. The van der Waals surface area contributed by atoms with E-state index >= 15 is 0 Å². The Balaban J connectivity index is 1.89. The first-order valence-electron chi connectivity index (χ1n) is 10.8. The minimum Gasteiger partial charge on any atom is -0.480 e. The number of carboxylic acid groups (broad SMARTS) is 1. The predicted octanol–water partition coefficient (Wildman–Crippen LogP) is 3.72. The molecule has 178 valence electrons. The van der Waals surface area contributed by atoms with Crippen LogP contribution in [0.1, 0.15) is 41.6 Å². The van der Waals surface area contributed by atoms with E-state index < -0.39 is 36.2 Å². The Bertz CT molecular complexity index is 929. The van der Waals surface area contributed by atoms with Gasteiger partial charge in [0.25, 0.3) is 0 Å². The van der Waals surface area contributed by atoms with Crippen molar-refractivity contribution in [3.05, 3.63) is 71.3 Å². The number of benzene rings is 2. The number of amides is 1. The van der Waals surface area contributed by atoms with Gasteiger partial charge in [-0.05, 0) is 49.2 Å². The van der Waals surface area contributed by atoms with Crippen molar-refractivity contribution in [2.75, 3.05) is 33.2 Å². The van der Waals surface area contributed by atoms with Crippen LogP contribution in [0, 0.1) is 0 Å². The van der Waals surface area contributed by atoms with Crippen LogP contribution in [-0.2, 0) is 15.8 Å². The Morgan fingerprint density at radius 1 is 1.03 bits per heavy atom. The minimum absolute atomic E-state index is 0.272. The second-order valence-electron chi connectivity index (χ2n) is 8.21. The molecule has 1 aliphatic heterocycles. The molecule has 0 bridgehead atoms. The highest BCUT2D eigenvalue weighted by Gasteiger charge is 2.33. The molecule has 1 saturated heterocycles. The van der Waals surface area contributed by atoms with E-state index in [0.29, 0.717) is 6.54 Å². The van der Waals surface area contributed by atoms with Gasteiger partial charge in [-0.25, -0.2) is 0 Å². The van der Waals surface area contributed by atoms with Gasteiger partial charge in [-0.1, -0.05) is 42.5 Å². The molecular weight excluding hydrogens is 435 g/mol. The van der Waals surface area contributed by atoms with E-state index in [4.69, 9.17) is 5.11 Å². The SMILES string of the molecule is CN(C(=O)C(NCC(=O)O)c1ccc(C(F)(F)F)cc1)[C@H](CN1CCCC1)c1ccccc1. The summed E-state index contributed by atoms with van der Waals surface area (Å²) in [4.78, 5) is 28.5. The Morgan fingerprint density at radius 2 is 1.64 bits per heavy atom. The largest absolute Gasteiger partial charge is 0.480 e. The molecule has 0 aliphatic carbocycles. The number of hydrogen-bond acceptors (Lipinski definition) is 4. The quantitative estimate of drug-likeness (QED) is 0.593. The van der Waals surface area contributed by atoms with Crippen molar-refractivity contribution in [2.45, 2.75) is 31.1 Å². The smallest absolute Gasteiger partial charge is 0.416 e. The maximum atomic E-state index is 13.6. The van der Waals surface area contributed by atoms with Crippen molar-refractivity contribution in [2.24, 2.45) is 0 Å². The molecule has 3 rings (SSSR count). The first-order chi connectivity index (χ1) is 15.7. The molecule has 9 heteroatoms. The molecule has 0 spiro atoms. The molecule has 0 radical (unpaired) electrons. The molecule has 1 unspecified atom stereocenters. The first-order valence-corrected chi connectivity index (χ1v) is 10.8. The summed E-state index contributed by atoms with van der Waals surface area (Å²) < 4.78 is 38.9. The summed E-state index contributed by atoms with van der Waals surface area (Å²) in [5.74, 6) is -1.58. The molecule has 6 nitrogen and oxygen atoms in total.